The number of ether oxygens (including phenoxy) is 2. The number of hydrogen-bond donors (Lipinski definition) is 0. The van der Waals surface area contributed by atoms with Crippen molar-refractivity contribution in [1.82, 2.24) is 0 Å². The number of nitriles is 1. The van der Waals surface area contributed by atoms with Gasteiger partial charge in [0.05, 0.1) is 6.07 Å². The van der Waals surface area contributed by atoms with Crippen molar-refractivity contribution in [2.45, 2.75) is 26.3 Å². The Balaban J connectivity index is 1.75. The Labute approximate surface area is 176 Å². The molecule has 29 heavy (non-hydrogen) atoms. The van der Waals surface area contributed by atoms with Crippen LogP contribution < -0.4 is 9.47 Å². The van der Waals surface area contributed by atoms with Gasteiger partial charge in [0.2, 0.25) is 0 Å². The van der Waals surface area contributed by atoms with Gasteiger partial charge in [-0.15, -0.1) is 13.2 Å². The second kappa shape index (κ2) is 8.82. The second-order valence-electron chi connectivity index (χ2n) is 6.43. The van der Waals surface area contributed by atoms with Crippen LogP contribution in [0.25, 0.3) is 5.57 Å². The lowest BCUT2D eigenvalue weighted by atomic mass is 9.98. The van der Waals surface area contributed by atoms with Crippen LogP contribution in [0, 0.1) is 18.3 Å². The molecule has 1 aliphatic heterocycles. The molecular weight excluding hydrogens is 494 g/mol. The Kier molecular flexibility index (Phi) is 6.42. The third kappa shape index (κ3) is 5.94. The molecule has 0 radical (unpaired) electrons. The summed E-state index contributed by atoms with van der Waals surface area (Å²) < 4.78 is 49.7. The molecule has 2 aromatic carbocycles. The number of benzene rings is 2. The summed E-state index contributed by atoms with van der Waals surface area (Å²) in [6.07, 6.45) is -4.09. The van der Waals surface area contributed by atoms with Crippen molar-refractivity contribution in [3.8, 4) is 17.6 Å². The standard InChI is InChI=1S/C22H17F3INO2/c1-14-7-17(21-11-26-15(2)9-18(21)12-27)10-20(8-14)28-13-16-3-5-19(6-4-16)29-22(23,24)25/h3-8,10-11H,2,9,13H2,1H3. The minimum Gasteiger partial charge on any atom is -0.489 e. The highest BCUT2D eigenvalue weighted by atomic mass is 127. The lowest BCUT2D eigenvalue weighted by Crippen LogP contribution is -2.17. The largest absolute Gasteiger partial charge is 0.573 e. The van der Waals surface area contributed by atoms with Crippen LogP contribution in [-0.2, 0) is 6.61 Å². The lowest BCUT2D eigenvalue weighted by Gasteiger charge is -2.15. The Hall–Kier alpha value is -2.60. The molecule has 3 nitrogen and oxygen atoms in total. The molecule has 0 saturated heterocycles. The monoisotopic (exact) mass is 511 g/mol. The molecule has 1 heterocycles. The summed E-state index contributed by atoms with van der Waals surface area (Å²) in [5.74, 6) is 0.365. The fourth-order valence-corrected chi connectivity index (χ4v) is 4.89. The maximum absolute atomic E-state index is 12.2. The van der Waals surface area contributed by atoms with Crippen molar-refractivity contribution in [2.24, 2.45) is 0 Å². The van der Waals surface area contributed by atoms with E-state index in [1.165, 1.54) is 24.3 Å². The van der Waals surface area contributed by atoms with E-state index in [-0.39, 0.29) is 33.1 Å². The van der Waals surface area contributed by atoms with Crippen LogP contribution in [0.4, 0.5) is 13.2 Å². The van der Waals surface area contributed by atoms with Gasteiger partial charge in [-0.25, -0.2) is 0 Å². The zero-order chi connectivity index (χ0) is 21.0. The van der Waals surface area contributed by atoms with E-state index in [9.17, 15) is 18.4 Å². The summed E-state index contributed by atoms with van der Waals surface area (Å²) in [5.41, 5.74) is 4.28. The first-order chi connectivity index (χ1) is 13.7. The molecule has 0 bridgehead atoms. The Morgan fingerprint density at radius 2 is 1.86 bits per heavy atom. The summed E-state index contributed by atoms with van der Waals surface area (Å²) >= 11 is -0.287. The predicted octanol–water partition coefficient (Wildman–Crippen LogP) is 6.44. The molecule has 0 spiro atoms. The molecule has 3 rings (SSSR count). The average Bonchev–Trinajstić information content (AvgIpc) is 2.65. The van der Waals surface area contributed by atoms with Crippen LogP contribution >= 0.6 is 20.7 Å². The average molecular weight is 511 g/mol. The van der Waals surface area contributed by atoms with Crippen molar-refractivity contribution in [1.29, 1.82) is 5.26 Å². The molecule has 0 aromatic heterocycles. The number of halogens is 4. The van der Waals surface area contributed by atoms with Crippen molar-refractivity contribution >= 4 is 30.3 Å². The van der Waals surface area contributed by atoms with Crippen molar-refractivity contribution in [2.75, 3.05) is 0 Å². The quantitative estimate of drug-likeness (QED) is 0.434. The summed E-state index contributed by atoms with van der Waals surface area (Å²) in [6.45, 7) is 6.15. The minimum absolute atomic E-state index is 0.201. The molecule has 7 heteroatoms. The van der Waals surface area contributed by atoms with Crippen molar-refractivity contribution < 1.29 is 22.6 Å². The number of allylic oxidation sites excluding steroid dienone is 3. The van der Waals surface area contributed by atoms with E-state index in [4.69, 9.17) is 4.74 Å². The second-order valence-corrected chi connectivity index (χ2v) is 9.20. The first-order valence-corrected chi connectivity index (χ1v) is 10.9. The molecule has 0 atom stereocenters. The van der Waals surface area contributed by atoms with Gasteiger partial charge in [0, 0.05) is 17.6 Å². The Morgan fingerprint density at radius 1 is 1.14 bits per heavy atom. The zero-order valence-electron chi connectivity index (χ0n) is 15.5. The van der Waals surface area contributed by atoms with Gasteiger partial charge >= 0.3 is 6.36 Å². The fourth-order valence-electron chi connectivity index (χ4n) is 2.80. The molecule has 150 valence electrons. The van der Waals surface area contributed by atoms with Gasteiger partial charge in [0.1, 0.15) is 18.1 Å². The predicted molar refractivity (Wildman–Crippen MR) is 115 cm³/mol. The number of nitrogens with zero attached hydrogens (tertiary/aromatic N) is 1. The van der Waals surface area contributed by atoms with Gasteiger partial charge in [0.25, 0.3) is 0 Å². The van der Waals surface area contributed by atoms with Crippen LogP contribution in [-0.4, -0.2) is 10.4 Å². The zero-order valence-corrected chi connectivity index (χ0v) is 17.7. The van der Waals surface area contributed by atoms with Crippen LogP contribution in [0.2, 0.25) is 0 Å². The van der Waals surface area contributed by atoms with Crippen molar-refractivity contribution in [3.05, 3.63) is 74.9 Å². The third-order valence-corrected chi connectivity index (χ3v) is 6.27. The lowest BCUT2D eigenvalue weighted by molar-refractivity contribution is -0.274. The molecule has 0 N–H and O–H groups in total. The van der Waals surface area contributed by atoms with Gasteiger partial charge in [-0.2, -0.15) is 5.26 Å². The summed E-state index contributed by atoms with van der Waals surface area (Å²) in [4.78, 5) is 0. The van der Waals surface area contributed by atoms with Gasteiger partial charge in [-0.1, -0.05) is 45.5 Å². The van der Waals surface area contributed by atoms with Crippen molar-refractivity contribution in [3.63, 3.8) is 0 Å². The maximum atomic E-state index is 12.2. The van der Waals surface area contributed by atoms with E-state index in [1.54, 1.807) is 0 Å². The summed E-state index contributed by atoms with van der Waals surface area (Å²) in [5, 5.41) is 9.46. The van der Waals surface area contributed by atoms with E-state index < -0.39 is 6.36 Å². The van der Waals surface area contributed by atoms with Crippen LogP contribution in [0.15, 0.2) is 58.2 Å². The molecule has 0 saturated carbocycles. The van der Waals surface area contributed by atoms with Crippen LogP contribution in [0.5, 0.6) is 11.5 Å². The Morgan fingerprint density at radius 3 is 2.52 bits per heavy atom. The highest BCUT2D eigenvalue weighted by Crippen LogP contribution is 2.34. The van der Waals surface area contributed by atoms with E-state index in [2.05, 4.69) is 21.4 Å². The minimum atomic E-state index is -4.71. The van der Waals surface area contributed by atoms with E-state index in [0.717, 1.165) is 20.3 Å². The van der Waals surface area contributed by atoms with E-state index in [0.29, 0.717) is 23.3 Å². The summed E-state index contributed by atoms with van der Waals surface area (Å²) in [6, 6.07) is 13.6. The first-order valence-electron chi connectivity index (χ1n) is 8.61. The molecule has 2 aromatic rings. The Bertz CT molecular complexity index is 1030. The van der Waals surface area contributed by atoms with Crippen LogP contribution in [0.1, 0.15) is 23.1 Å². The number of hydrogen-bond acceptors (Lipinski definition) is 3. The highest BCUT2D eigenvalue weighted by molar-refractivity contribution is 14.2. The maximum Gasteiger partial charge on any atom is 0.573 e. The number of alkyl halides is 3. The topological polar surface area (TPSA) is 42.2 Å². The highest BCUT2D eigenvalue weighted by Gasteiger charge is 2.30. The van der Waals surface area contributed by atoms with Gasteiger partial charge in [-0.05, 0) is 55.5 Å². The number of aryl methyl sites for hydroxylation is 1. The van der Waals surface area contributed by atoms with Gasteiger partial charge < -0.3 is 9.47 Å². The molecule has 1 aliphatic rings. The summed E-state index contributed by atoms with van der Waals surface area (Å²) in [7, 11) is 0. The first kappa shape index (κ1) is 21.1. The smallest absolute Gasteiger partial charge is 0.489 e. The van der Waals surface area contributed by atoms with Crippen LogP contribution in [0.3, 0.4) is 0 Å². The normalized spacial score (nSPS) is 14.2. The molecule has 0 amide bonds. The third-order valence-electron chi connectivity index (χ3n) is 4.07. The van der Waals surface area contributed by atoms with Gasteiger partial charge in [0.15, 0.2) is 0 Å². The SMILES string of the molecule is C=C1CC(C#N)=C(c2cc(C)cc(OCc3ccc(OC(F)(F)F)cc3)c2)C=I1. The van der Waals surface area contributed by atoms with Gasteiger partial charge in [-0.3, -0.25) is 0 Å². The molecule has 0 aliphatic carbocycles. The molecular formula is C22H17F3INO2. The van der Waals surface area contributed by atoms with E-state index in [1.807, 2.05) is 25.1 Å². The molecule has 0 fully saturated rings. The fraction of sp³-hybridized carbons (Fsp3) is 0.182. The number of rotatable bonds is 5. The van der Waals surface area contributed by atoms with E-state index >= 15 is 0 Å². The molecule has 0 unspecified atom stereocenters.